The fourth-order valence-corrected chi connectivity index (χ4v) is 10.6. The topological polar surface area (TPSA) is 237 Å². The summed E-state index contributed by atoms with van der Waals surface area (Å²) in [5.74, 6) is -2.51. The molecule has 0 aromatic heterocycles. The number of esters is 4. The molecule has 0 spiro atoms. The van der Waals surface area contributed by atoms with Crippen LogP contribution in [0.5, 0.6) is 0 Å². The van der Waals surface area contributed by atoms with Crippen LogP contribution in [0.4, 0.5) is 0 Å². The Kier molecular flexibility index (Phi) is 72.8. The second kappa shape index (κ2) is 78.0. The predicted molar refractivity (Wildman–Crippen MR) is 444 cm³/mol. The molecule has 108 heavy (non-hydrogen) atoms. The average Bonchev–Trinajstić information content (AvgIpc) is 0.923. The van der Waals surface area contributed by atoms with Gasteiger partial charge >= 0.3 is 39.5 Å². The van der Waals surface area contributed by atoms with E-state index in [0.717, 1.165) is 128 Å². The fourth-order valence-electron chi connectivity index (χ4n) is 9.02. The number of carbonyl (C=O) groups is 4. The summed E-state index contributed by atoms with van der Waals surface area (Å²) in [5.41, 5.74) is 0. The highest BCUT2D eigenvalue weighted by Gasteiger charge is 2.30. The van der Waals surface area contributed by atoms with Crippen molar-refractivity contribution in [1.29, 1.82) is 0 Å². The summed E-state index contributed by atoms with van der Waals surface area (Å²) in [7, 11) is -10.1. The number of phosphoric ester groups is 2. The minimum Gasteiger partial charge on any atom is -0.462 e. The maximum Gasteiger partial charge on any atom is 0.472 e. The number of phosphoric acid groups is 2. The third-order valence-electron chi connectivity index (χ3n) is 14.8. The zero-order valence-corrected chi connectivity index (χ0v) is 67.4. The van der Waals surface area contributed by atoms with E-state index in [4.69, 9.17) is 37.0 Å². The molecule has 0 aliphatic rings. The van der Waals surface area contributed by atoms with Crippen LogP contribution in [0.1, 0.15) is 233 Å². The molecule has 0 amide bonds. The van der Waals surface area contributed by atoms with Crippen LogP contribution in [0.15, 0.2) is 243 Å². The highest BCUT2D eigenvalue weighted by Crippen LogP contribution is 2.45. The summed E-state index contributed by atoms with van der Waals surface area (Å²) in [6.07, 6.45) is 102. The maximum atomic E-state index is 13.1. The van der Waals surface area contributed by atoms with Gasteiger partial charge in [-0.2, -0.15) is 0 Å². The van der Waals surface area contributed by atoms with Crippen LogP contribution in [0.2, 0.25) is 0 Å². The summed E-state index contributed by atoms with van der Waals surface area (Å²) in [4.78, 5) is 72.9. The van der Waals surface area contributed by atoms with E-state index in [1.54, 1.807) is 0 Å². The number of hydrogen-bond acceptors (Lipinski definition) is 15. The average molecular weight is 1540 g/mol. The number of allylic oxidation sites excluding steroid dienone is 40. The molecule has 0 rings (SSSR count). The quantitative estimate of drug-likeness (QED) is 0.0169. The lowest BCUT2D eigenvalue weighted by Crippen LogP contribution is -2.30. The van der Waals surface area contributed by atoms with Crippen molar-refractivity contribution in [3.8, 4) is 0 Å². The molecule has 0 saturated carbocycles. The van der Waals surface area contributed by atoms with Gasteiger partial charge in [-0.25, -0.2) is 9.13 Å². The van der Waals surface area contributed by atoms with Crippen LogP contribution in [0.25, 0.3) is 0 Å². The maximum absolute atomic E-state index is 13.1. The van der Waals surface area contributed by atoms with E-state index in [1.807, 2.05) is 48.6 Å². The number of hydrogen-bond donors (Lipinski definition) is 3. The van der Waals surface area contributed by atoms with E-state index >= 15 is 0 Å². The van der Waals surface area contributed by atoms with Crippen molar-refractivity contribution in [2.45, 2.75) is 251 Å². The highest BCUT2D eigenvalue weighted by molar-refractivity contribution is 7.47. The van der Waals surface area contributed by atoms with Crippen molar-refractivity contribution in [2.75, 3.05) is 39.6 Å². The van der Waals surface area contributed by atoms with Crippen molar-refractivity contribution in [2.24, 2.45) is 0 Å². The molecule has 4 unspecified atom stereocenters. The fraction of sp³-hybridized carbons (Fsp3) is 0.506. The zero-order chi connectivity index (χ0) is 78.9. The Labute approximate surface area is 650 Å². The summed E-state index contributed by atoms with van der Waals surface area (Å²) >= 11 is 0. The van der Waals surface area contributed by atoms with E-state index < -0.39 is 97.5 Å². The standard InChI is InChI=1S/C89H134O17P2/c1-5-9-13-17-21-25-29-33-37-39-41-43-47-49-53-57-61-65-69-73-86(91)99-79-84(105-88(93)75-71-67-63-59-55-51-45-35-31-27-23-19-15-11-7-3)81-103-107(95,96)101-77-83(90)78-102-108(97,98)104-82-85(106-89(94)76-72-68-64-60-56-52-46-36-32-28-24-20-16-12-8-4)80-100-87(92)74-70-66-62-58-54-50-48-44-42-40-38-34-30-26-22-18-14-10-6-2/h9-16,21-28,33-38,41-46,49-50,53-56,59-62,65-66,83-85,90H,5-8,17-20,29-32,39-40,47-48,51-52,57-58,63-64,67-82H2,1-4H3,(H,95,96)(H,97,98)/b13-9-,14-10-,15-11-,16-12-,25-21-,26-22-,27-23-,28-24-,37-33-,38-34-,43-41-,44-42-,45-35-,46-36-,53-49-,54-50-,59-55-,60-56-,65-61-,66-62-. The molecular formula is C89H134O17P2. The van der Waals surface area contributed by atoms with Crippen molar-refractivity contribution in [1.82, 2.24) is 0 Å². The first-order chi connectivity index (χ1) is 52.7. The van der Waals surface area contributed by atoms with E-state index in [1.165, 1.54) is 0 Å². The smallest absolute Gasteiger partial charge is 0.462 e. The van der Waals surface area contributed by atoms with Gasteiger partial charge in [-0.1, -0.05) is 271 Å². The Hall–Kier alpha value is -7.14. The minimum absolute atomic E-state index is 0.0122. The van der Waals surface area contributed by atoms with Gasteiger partial charge in [0.05, 0.1) is 26.4 Å². The molecule has 0 aliphatic heterocycles. The lowest BCUT2D eigenvalue weighted by Gasteiger charge is -2.21. The Bertz CT molecular complexity index is 2820. The molecule has 0 aromatic rings. The molecule has 3 N–H and O–H groups in total. The van der Waals surface area contributed by atoms with Crippen LogP contribution in [-0.2, 0) is 65.4 Å². The SMILES string of the molecule is CC/C=C\C/C=C\C/C=C\C/C=C\C/C=C\C/C=C\CCC(=O)OCC(COP(=O)(O)OCC(O)COP(=O)(O)OCC(COC(=O)CC/C=C\C/C=C\C/C=C\C/C=C\C/C=C\C/C=C\CC)OC(=O)CCCC/C=C\C/C=C\C/C=C\C/C=C\CC)OC(=O)CCCC/C=C\C/C=C\C/C=C\C/C=C\CC. The molecule has 602 valence electrons. The van der Waals surface area contributed by atoms with Gasteiger partial charge in [0, 0.05) is 25.7 Å². The highest BCUT2D eigenvalue weighted by atomic mass is 31.2. The third kappa shape index (κ3) is 77.0. The largest absolute Gasteiger partial charge is 0.472 e. The van der Waals surface area contributed by atoms with E-state index in [-0.39, 0.29) is 25.7 Å². The number of aliphatic hydroxyl groups excluding tert-OH is 1. The summed E-state index contributed by atoms with van der Waals surface area (Å²) in [6.45, 7) is 4.08. The van der Waals surface area contributed by atoms with Gasteiger partial charge in [0.25, 0.3) is 0 Å². The number of aliphatic hydroxyl groups is 1. The molecule has 0 fully saturated rings. The number of ether oxygens (including phenoxy) is 4. The van der Waals surface area contributed by atoms with Gasteiger partial charge in [0.15, 0.2) is 12.2 Å². The van der Waals surface area contributed by atoms with E-state index in [2.05, 4.69) is 222 Å². The number of rotatable bonds is 70. The lowest BCUT2D eigenvalue weighted by atomic mass is 10.2. The Morgan fingerprint density at radius 1 is 0.259 bits per heavy atom. The molecule has 17 nitrogen and oxygen atoms in total. The van der Waals surface area contributed by atoms with Gasteiger partial charge in [-0.15, -0.1) is 0 Å². The molecule has 4 atom stereocenters. The van der Waals surface area contributed by atoms with Crippen LogP contribution >= 0.6 is 15.6 Å². The van der Waals surface area contributed by atoms with Gasteiger partial charge in [0.2, 0.25) is 0 Å². The van der Waals surface area contributed by atoms with Crippen molar-refractivity contribution in [3.05, 3.63) is 243 Å². The summed E-state index contributed by atoms with van der Waals surface area (Å²) < 4.78 is 68.3. The Morgan fingerprint density at radius 2 is 0.463 bits per heavy atom. The van der Waals surface area contributed by atoms with Crippen LogP contribution in [0, 0.1) is 0 Å². The van der Waals surface area contributed by atoms with Crippen molar-refractivity contribution < 1.29 is 80.2 Å². The monoisotopic (exact) mass is 1540 g/mol. The third-order valence-corrected chi connectivity index (χ3v) is 16.7. The van der Waals surface area contributed by atoms with Gasteiger partial charge in [-0.3, -0.25) is 37.3 Å². The number of carbonyl (C=O) groups excluding carboxylic acids is 4. The predicted octanol–water partition coefficient (Wildman–Crippen LogP) is 23.2. The molecule has 0 radical (unpaired) electrons. The normalized spacial score (nSPS) is 15.1. The Balaban J connectivity index is 5.60. The van der Waals surface area contributed by atoms with E-state index in [0.29, 0.717) is 51.4 Å². The lowest BCUT2D eigenvalue weighted by molar-refractivity contribution is -0.161. The molecule has 0 bridgehead atoms. The second-order valence-electron chi connectivity index (χ2n) is 24.8. The first-order valence-electron chi connectivity index (χ1n) is 39.3. The first-order valence-corrected chi connectivity index (χ1v) is 42.3. The molecule has 19 heteroatoms. The van der Waals surface area contributed by atoms with Crippen molar-refractivity contribution in [3.63, 3.8) is 0 Å². The second-order valence-corrected chi connectivity index (χ2v) is 27.7. The summed E-state index contributed by atoms with van der Waals surface area (Å²) in [6, 6.07) is 0. The van der Waals surface area contributed by atoms with Crippen LogP contribution in [-0.4, -0.2) is 96.7 Å². The molecule has 0 saturated heterocycles. The van der Waals surface area contributed by atoms with E-state index in [9.17, 15) is 43.2 Å². The van der Waals surface area contributed by atoms with Crippen molar-refractivity contribution >= 4 is 39.5 Å². The van der Waals surface area contributed by atoms with Gasteiger partial charge in [0.1, 0.15) is 19.3 Å². The summed E-state index contributed by atoms with van der Waals surface area (Å²) in [5, 5.41) is 10.6. The zero-order valence-electron chi connectivity index (χ0n) is 65.6. The van der Waals surface area contributed by atoms with Crippen LogP contribution < -0.4 is 0 Å². The van der Waals surface area contributed by atoms with Crippen LogP contribution in [0.3, 0.4) is 0 Å². The minimum atomic E-state index is -5.03. The molecule has 0 aromatic carbocycles. The number of unbranched alkanes of at least 4 members (excludes halogenated alkanes) is 4. The molecular weight excluding hydrogens is 1400 g/mol. The first kappa shape index (κ1) is 101. The Morgan fingerprint density at radius 3 is 0.694 bits per heavy atom. The molecule has 0 heterocycles. The molecule has 0 aliphatic carbocycles. The van der Waals surface area contributed by atoms with Gasteiger partial charge in [-0.05, 0) is 180 Å². The van der Waals surface area contributed by atoms with Gasteiger partial charge < -0.3 is 33.8 Å².